The SMILES string of the molecule is CCc1ccccc1SC(c1ccccc1)C1CN(Cc2ccccc2)CCO1. The normalized spacial score (nSPS) is 18.4. The van der Waals surface area contributed by atoms with Crippen LogP contribution in [0.15, 0.2) is 89.8 Å². The molecule has 1 aliphatic rings. The van der Waals surface area contributed by atoms with Crippen molar-refractivity contribution < 1.29 is 4.74 Å². The largest absolute Gasteiger partial charge is 0.374 e. The molecule has 0 bridgehead atoms. The van der Waals surface area contributed by atoms with Crippen molar-refractivity contribution in [2.45, 2.75) is 36.1 Å². The first kappa shape index (κ1) is 20.2. The average Bonchev–Trinajstić information content (AvgIpc) is 2.79. The summed E-state index contributed by atoms with van der Waals surface area (Å²) in [6.07, 6.45) is 1.22. The van der Waals surface area contributed by atoms with Crippen molar-refractivity contribution in [3.8, 4) is 0 Å². The van der Waals surface area contributed by atoms with Gasteiger partial charge in [-0.3, -0.25) is 4.90 Å². The molecular weight excluding hydrogens is 374 g/mol. The van der Waals surface area contributed by atoms with Gasteiger partial charge in [-0.25, -0.2) is 0 Å². The molecule has 3 heteroatoms. The molecule has 1 saturated heterocycles. The predicted octanol–water partition coefficient (Wildman–Crippen LogP) is 5.98. The minimum atomic E-state index is 0.171. The summed E-state index contributed by atoms with van der Waals surface area (Å²) >= 11 is 1.96. The quantitative estimate of drug-likeness (QED) is 0.450. The van der Waals surface area contributed by atoms with Gasteiger partial charge in [-0.15, -0.1) is 11.8 Å². The topological polar surface area (TPSA) is 12.5 Å². The molecular formula is C26H29NOS. The van der Waals surface area contributed by atoms with Crippen molar-refractivity contribution >= 4 is 11.8 Å². The Balaban J connectivity index is 1.55. The summed E-state index contributed by atoms with van der Waals surface area (Å²) < 4.78 is 6.35. The van der Waals surface area contributed by atoms with Crippen molar-refractivity contribution in [2.75, 3.05) is 19.7 Å². The third-order valence-corrected chi connectivity index (χ3v) is 6.98. The van der Waals surface area contributed by atoms with Crippen LogP contribution in [0.25, 0.3) is 0 Å². The van der Waals surface area contributed by atoms with Gasteiger partial charge in [0.25, 0.3) is 0 Å². The second-order valence-electron chi connectivity index (χ2n) is 7.54. The van der Waals surface area contributed by atoms with E-state index in [0.29, 0.717) is 0 Å². The molecule has 0 amide bonds. The van der Waals surface area contributed by atoms with Crippen LogP contribution in [-0.4, -0.2) is 30.7 Å². The molecule has 2 atom stereocenters. The standard InChI is InChI=1S/C26H29NOS/c1-2-22-13-9-10-16-25(22)29-26(23-14-7-4-8-15-23)24-20-27(17-18-28-24)19-21-11-5-3-6-12-21/h3-16,24,26H,2,17-20H2,1H3. The monoisotopic (exact) mass is 403 g/mol. The van der Waals surface area contributed by atoms with E-state index in [0.717, 1.165) is 32.7 Å². The predicted molar refractivity (Wildman–Crippen MR) is 122 cm³/mol. The highest BCUT2D eigenvalue weighted by Crippen LogP contribution is 2.41. The van der Waals surface area contributed by atoms with E-state index in [1.54, 1.807) is 0 Å². The molecule has 4 rings (SSSR count). The summed E-state index contributed by atoms with van der Waals surface area (Å²) in [4.78, 5) is 3.90. The van der Waals surface area contributed by atoms with Gasteiger partial charge in [0.1, 0.15) is 0 Å². The lowest BCUT2D eigenvalue weighted by atomic mass is 10.1. The van der Waals surface area contributed by atoms with Crippen molar-refractivity contribution in [1.29, 1.82) is 0 Å². The molecule has 2 nitrogen and oxygen atoms in total. The Bertz CT molecular complexity index is 883. The molecule has 1 heterocycles. The van der Waals surface area contributed by atoms with Crippen molar-refractivity contribution in [2.24, 2.45) is 0 Å². The Kier molecular flexibility index (Phi) is 7.04. The van der Waals surface area contributed by atoms with Crippen LogP contribution in [0.2, 0.25) is 0 Å². The van der Waals surface area contributed by atoms with E-state index in [1.807, 2.05) is 11.8 Å². The number of morpholine rings is 1. The van der Waals surface area contributed by atoms with Gasteiger partial charge in [-0.2, -0.15) is 0 Å². The summed E-state index contributed by atoms with van der Waals surface area (Å²) in [6, 6.07) is 30.4. The number of aryl methyl sites for hydroxylation is 1. The zero-order valence-electron chi connectivity index (χ0n) is 17.0. The molecule has 0 aromatic heterocycles. The van der Waals surface area contributed by atoms with E-state index in [4.69, 9.17) is 4.74 Å². The van der Waals surface area contributed by atoms with Crippen LogP contribution in [-0.2, 0) is 17.7 Å². The Morgan fingerprint density at radius 3 is 2.38 bits per heavy atom. The molecule has 0 aliphatic carbocycles. The van der Waals surface area contributed by atoms with Crippen molar-refractivity contribution in [1.82, 2.24) is 4.90 Å². The number of benzene rings is 3. The number of hydrogen-bond acceptors (Lipinski definition) is 3. The zero-order valence-corrected chi connectivity index (χ0v) is 17.9. The van der Waals surface area contributed by atoms with Gasteiger partial charge in [-0.1, -0.05) is 85.8 Å². The molecule has 0 N–H and O–H groups in total. The second kappa shape index (κ2) is 10.1. The van der Waals surface area contributed by atoms with Crippen LogP contribution in [0, 0.1) is 0 Å². The van der Waals surface area contributed by atoms with Crippen LogP contribution in [0.3, 0.4) is 0 Å². The molecule has 3 aromatic carbocycles. The second-order valence-corrected chi connectivity index (χ2v) is 8.72. The molecule has 150 valence electrons. The van der Waals surface area contributed by atoms with Crippen LogP contribution < -0.4 is 0 Å². The van der Waals surface area contributed by atoms with E-state index < -0.39 is 0 Å². The number of thioether (sulfide) groups is 1. The maximum atomic E-state index is 6.35. The van der Waals surface area contributed by atoms with Crippen LogP contribution in [0.5, 0.6) is 0 Å². The number of rotatable bonds is 7. The fourth-order valence-corrected chi connectivity index (χ4v) is 5.35. The van der Waals surface area contributed by atoms with Crippen LogP contribution in [0.4, 0.5) is 0 Å². The smallest absolute Gasteiger partial charge is 0.0865 e. The summed E-state index contributed by atoms with van der Waals surface area (Å²) in [6.45, 7) is 5.95. The highest BCUT2D eigenvalue weighted by molar-refractivity contribution is 7.99. The number of nitrogens with zero attached hydrogens (tertiary/aromatic N) is 1. The molecule has 3 aromatic rings. The van der Waals surface area contributed by atoms with E-state index >= 15 is 0 Å². The first-order valence-electron chi connectivity index (χ1n) is 10.5. The molecule has 1 fully saturated rings. The average molecular weight is 404 g/mol. The Morgan fingerprint density at radius 1 is 0.931 bits per heavy atom. The fourth-order valence-electron chi connectivity index (χ4n) is 3.95. The van der Waals surface area contributed by atoms with Crippen LogP contribution in [0.1, 0.15) is 28.9 Å². The zero-order chi connectivity index (χ0) is 19.9. The lowest BCUT2D eigenvalue weighted by Gasteiger charge is -2.37. The van der Waals surface area contributed by atoms with Crippen LogP contribution >= 0.6 is 11.8 Å². The Labute approximate surface area is 178 Å². The third-order valence-electron chi connectivity index (χ3n) is 5.50. The lowest BCUT2D eigenvalue weighted by Crippen LogP contribution is -2.44. The maximum Gasteiger partial charge on any atom is 0.0865 e. The van der Waals surface area contributed by atoms with Gasteiger partial charge >= 0.3 is 0 Å². The van der Waals surface area contributed by atoms with Gasteiger partial charge < -0.3 is 4.74 Å². The summed E-state index contributed by atoms with van der Waals surface area (Å²) in [5, 5.41) is 0.280. The minimum absolute atomic E-state index is 0.171. The maximum absolute atomic E-state index is 6.35. The van der Waals surface area contributed by atoms with E-state index in [2.05, 4.69) is 96.8 Å². The highest BCUT2D eigenvalue weighted by atomic mass is 32.2. The molecule has 0 radical (unpaired) electrons. The Hall–Kier alpha value is -2.07. The molecule has 0 saturated carbocycles. The number of hydrogen-bond donors (Lipinski definition) is 0. The molecule has 2 unspecified atom stereocenters. The van der Waals surface area contributed by atoms with Crippen molar-refractivity contribution in [3.05, 3.63) is 102 Å². The van der Waals surface area contributed by atoms with E-state index in [9.17, 15) is 0 Å². The first-order chi connectivity index (χ1) is 14.3. The summed E-state index contributed by atoms with van der Waals surface area (Å²) in [5.41, 5.74) is 4.12. The van der Waals surface area contributed by atoms with Gasteiger partial charge in [0.15, 0.2) is 0 Å². The summed E-state index contributed by atoms with van der Waals surface area (Å²) in [5.74, 6) is 0. The Morgan fingerprint density at radius 2 is 1.62 bits per heavy atom. The highest BCUT2D eigenvalue weighted by Gasteiger charge is 2.30. The third kappa shape index (κ3) is 5.30. The van der Waals surface area contributed by atoms with E-state index in [1.165, 1.54) is 21.6 Å². The van der Waals surface area contributed by atoms with Gasteiger partial charge in [0.2, 0.25) is 0 Å². The molecule has 0 spiro atoms. The first-order valence-corrected chi connectivity index (χ1v) is 11.4. The van der Waals surface area contributed by atoms with Crippen molar-refractivity contribution in [3.63, 3.8) is 0 Å². The van der Waals surface area contributed by atoms with E-state index in [-0.39, 0.29) is 11.4 Å². The molecule has 1 aliphatic heterocycles. The lowest BCUT2D eigenvalue weighted by molar-refractivity contribution is -0.0319. The minimum Gasteiger partial charge on any atom is -0.374 e. The van der Waals surface area contributed by atoms with Gasteiger partial charge in [0, 0.05) is 24.5 Å². The summed E-state index contributed by atoms with van der Waals surface area (Å²) in [7, 11) is 0. The fraction of sp³-hybridized carbons (Fsp3) is 0.308. The number of ether oxygens (including phenoxy) is 1. The van der Waals surface area contributed by atoms with Gasteiger partial charge in [0.05, 0.1) is 18.0 Å². The van der Waals surface area contributed by atoms with Gasteiger partial charge in [-0.05, 0) is 29.2 Å². The molecule has 29 heavy (non-hydrogen) atoms.